The van der Waals surface area contributed by atoms with Gasteiger partial charge in [-0.2, -0.15) is 23.5 Å². The molecule has 0 aromatic carbocycles. The minimum Gasteiger partial charge on any atom is -0.303 e. The second kappa shape index (κ2) is 21.9. The first-order chi connectivity index (χ1) is 12.8. The smallest absolute Gasteiger partial charge is 0.00723 e. The Morgan fingerprint density at radius 3 is 1.00 bits per heavy atom. The van der Waals surface area contributed by atoms with Crippen LogP contribution in [0, 0.1) is 0 Å². The van der Waals surface area contributed by atoms with Gasteiger partial charge in [0.1, 0.15) is 0 Å². The molecule has 0 saturated heterocycles. The Morgan fingerprint density at radius 1 is 0.423 bits per heavy atom. The zero-order valence-corrected chi connectivity index (χ0v) is 20.1. The van der Waals surface area contributed by atoms with Crippen molar-refractivity contribution < 1.29 is 0 Å². The molecule has 26 heavy (non-hydrogen) atoms. The second-order valence-electron chi connectivity index (χ2n) is 7.32. The lowest BCUT2D eigenvalue weighted by Crippen LogP contribution is -2.28. The van der Waals surface area contributed by atoms with Crippen molar-refractivity contribution in [1.82, 2.24) is 9.80 Å². The fourth-order valence-corrected chi connectivity index (χ4v) is 5.03. The van der Waals surface area contributed by atoms with Crippen molar-refractivity contribution >= 4 is 23.5 Å². The molecule has 0 heterocycles. The second-order valence-corrected chi connectivity index (χ2v) is 9.77. The van der Waals surface area contributed by atoms with Crippen molar-refractivity contribution in [2.45, 2.75) is 79.1 Å². The fourth-order valence-electron chi connectivity index (χ4n) is 2.91. The minimum absolute atomic E-state index is 1.29. The lowest BCUT2D eigenvalue weighted by Gasteiger charge is -2.22. The van der Waals surface area contributed by atoms with Crippen molar-refractivity contribution in [3.8, 4) is 0 Å². The van der Waals surface area contributed by atoms with Crippen LogP contribution in [0.4, 0.5) is 0 Å². The van der Waals surface area contributed by atoms with Crippen LogP contribution in [0.1, 0.15) is 79.1 Å². The molecule has 0 radical (unpaired) electrons. The number of rotatable bonds is 21. The van der Waals surface area contributed by atoms with E-state index in [1.165, 1.54) is 114 Å². The third-order valence-electron chi connectivity index (χ3n) is 4.79. The molecule has 0 spiro atoms. The van der Waals surface area contributed by atoms with Gasteiger partial charge in [-0.15, -0.1) is 0 Å². The standard InChI is InChI=1S/C22H48N2S2/c1-5-9-13-23(14-10-6-2)17-19-25-21-22-26-20-18-24(15-11-7-3)16-12-8-4/h5-22H2,1-4H3. The molecule has 4 heteroatoms. The van der Waals surface area contributed by atoms with Crippen molar-refractivity contribution in [2.24, 2.45) is 0 Å². The highest BCUT2D eigenvalue weighted by atomic mass is 32.2. The van der Waals surface area contributed by atoms with Crippen LogP contribution in [0.15, 0.2) is 0 Å². The maximum atomic E-state index is 2.69. The molecule has 0 rings (SSSR count). The van der Waals surface area contributed by atoms with Gasteiger partial charge in [0.25, 0.3) is 0 Å². The van der Waals surface area contributed by atoms with Gasteiger partial charge in [-0.3, -0.25) is 0 Å². The molecule has 0 N–H and O–H groups in total. The first-order valence-corrected chi connectivity index (χ1v) is 13.7. The molecule has 0 atom stereocenters. The SMILES string of the molecule is CCCCN(CCCC)CCSCCSCCN(CCCC)CCCC. The fraction of sp³-hybridized carbons (Fsp3) is 1.00. The van der Waals surface area contributed by atoms with Crippen LogP contribution in [0.25, 0.3) is 0 Å². The normalized spacial score (nSPS) is 11.8. The number of thioether (sulfide) groups is 2. The predicted octanol–water partition coefficient (Wildman–Crippen LogP) is 6.26. The molecule has 0 aliphatic carbocycles. The van der Waals surface area contributed by atoms with Gasteiger partial charge < -0.3 is 9.80 Å². The van der Waals surface area contributed by atoms with Crippen molar-refractivity contribution in [2.75, 3.05) is 62.3 Å². The molecule has 0 fully saturated rings. The summed E-state index contributed by atoms with van der Waals surface area (Å²) in [5.74, 6) is 5.27. The average Bonchev–Trinajstić information content (AvgIpc) is 2.66. The molecule has 0 saturated carbocycles. The monoisotopic (exact) mass is 404 g/mol. The van der Waals surface area contributed by atoms with E-state index in [9.17, 15) is 0 Å². The van der Waals surface area contributed by atoms with Crippen LogP contribution < -0.4 is 0 Å². The molecule has 158 valence electrons. The molecule has 0 amide bonds. The van der Waals surface area contributed by atoms with E-state index in [-0.39, 0.29) is 0 Å². The van der Waals surface area contributed by atoms with Crippen LogP contribution in [0.2, 0.25) is 0 Å². The van der Waals surface area contributed by atoms with Crippen molar-refractivity contribution in [1.29, 1.82) is 0 Å². The Labute approximate surface area is 174 Å². The lowest BCUT2D eigenvalue weighted by atomic mass is 10.2. The molecule has 0 aromatic rings. The summed E-state index contributed by atoms with van der Waals surface area (Å²) in [5, 5.41) is 0. The Kier molecular flexibility index (Phi) is 22.4. The molecule has 2 nitrogen and oxygen atoms in total. The molecular weight excluding hydrogens is 356 g/mol. The third kappa shape index (κ3) is 18.0. The van der Waals surface area contributed by atoms with Gasteiger partial charge in [0.05, 0.1) is 0 Å². The maximum Gasteiger partial charge on any atom is 0.00723 e. The summed E-state index contributed by atoms with van der Waals surface area (Å²) in [5.41, 5.74) is 0. The number of hydrogen-bond acceptors (Lipinski definition) is 4. The Balaban J connectivity index is 3.64. The third-order valence-corrected chi connectivity index (χ3v) is 6.97. The Bertz CT molecular complexity index is 223. The first-order valence-electron chi connectivity index (χ1n) is 11.4. The van der Waals surface area contributed by atoms with E-state index in [4.69, 9.17) is 0 Å². The molecule has 0 aromatic heterocycles. The molecule has 0 aliphatic rings. The van der Waals surface area contributed by atoms with E-state index < -0.39 is 0 Å². The minimum atomic E-state index is 1.29. The number of nitrogens with zero attached hydrogens (tertiary/aromatic N) is 2. The summed E-state index contributed by atoms with van der Waals surface area (Å²) in [4.78, 5) is 5.37. The Hall–Kier alpha value is 0.620. The van der Waals surface area contributed by atoms with Gasteiger partial charge in [0.15, 0.2) is 0 Å². The van der Waals surface area contributed by atoms with Crippen molar-refractivity contribution in [3.05, 3.63) is 0 Å². The van der Waals surface area contributed by atoms with Crippen LogP contribution in [0.5, 0.6) is 0 Å². The highest BCUT2D eigenvalue weighted by Gasteiger charge is 2.05. The molecule has 0 unspecified atom stereocenters. The van der Waals surface area contributed by atoms with Gasteiger partial charge in [0, 0.05) is 36.1 Å². The molecular formula is C22H48N2S2. The quantitative estimate of drug-likeness (QED) is 0.208. The Morgan fingerprint density at radius 2 is 0.731 bits per heavy atom. The summed E-state index contributed by atoms with van der Waals surface area (Å²) in [6, 6.07) is 0. The number of unbranched alkanes of at least 4 members (excludes halogenated alkanes) is 4. The highest BCUT2D eigenvalue weighted by Crippen LogP contribution is 2.10. The van der Waals surface area contributed by atoms with Gasteiger partial charge in [-0.1, -0.05) is 53.4 Å². The van der Waals surface area contributed by atoms with E-state index in [1.54, 1.807) is 0 Å². The summed E-state index contributed by atoms with van der Waals surface area (Å²) < 4.78 is 0. The predicted molar refractivity (Wildman–Crippen MR) is 127 cm³/mol. The van der Waals surface area contributed by atoms with Crippen LogP contribution in [-0.4, -0.2) is 72.1 Å². The van der Waals surface area contributed by atoms with Crippen molar-refractivity contribution in [3.63, 3.8) is 0 Å². The van der Waals surface area contributed by atoms with E-state index in [1.807, 2.05) is 0 Å². The van der Waals surface area contributed by atoms with Gasteiger partial charge in [-0.05, 0) is 51.9 Å². The van der Waals surface area contributed by atoms with Crippen LogP contribution in [0.3, 0.4) is 0 Å². The number of hydrogen-bond donors (Lipinski definition) is 0. The molecule has 0 aliphatic heterocycles. The summed E-state index contributed by atoms with van der Waals surface area (Å²) in [6.07, 6.45) is 10.7. The van der Waals surface area contributed by atoms with Gasteiger partial charge in [0.2, 0.25) is 0 Å². The van der Waals surface area contributed by atoms with Gasteiger partial charge >= 0.3 is 0 Å². The topological polar surface area (TPSA) is 6.48 Å². The molecule has 0 bridgehead atoms. The zero-order valence-electron chi connectivity index (χ0n) is 18.4. The zero-order chi connectivity index (χ0) is 19.3. The summed E-state index contributed by atoms with van der Waals surface area (Å²) >= 11 is 4.32. The average molecular weight is 405 g/mol. The largest absolute Gasteiger partial charge is 0.303 e. The highest BCUT2D eigenvalue weighted by molar-refractivity contribution is 8.02. The summed E-state index contributed by atoms with van der Waals surface area (Å²) in [6.45, 7) is 17.0. The van der Waals surface area contributed by atoms with Crippen LogP contribution in [-0.2, 0) is 0 Å². The van der Waals surface area contributed by atoms with E-state index >= 15 is 0 Å². The first kappa shape index (κ1) is 26.6. The lowest BCUT2D eigenvalue weighted by molar-refractivity contribution is 0.281. The van der Waals surface area contributed by atoms with E-state index in [0.29, 0.717) is 0 Å². The summed E-state index contributed by atoms with van der Waals surface area (Å²) in [7, 11) is 0. The van der Waals surface area contributed by atoms with E-state index in [2.05, 4.69) is 61.0 Å². The van der Waals surface area contributed by atoms with Gasteiger partial charge in [-0.25, -0.2) is 0 Å². The maximum absolute atomic E-state index is 2.69. The van der Waals surface area contributed by atoms with Crippen LogP contribution >= 0.6 is 23.5 Å². The van der Waals surface area contributed by atoms with E-state index in [0.717, 1.165) is 0 Å².